The van der Waals surface area contributed by atoms with Crippen molar-refractivity contribution in [3.05, 3.63) is 28.7 Å². The molecule has 26 heavy (non-hydrogen) atoms. The summed E-state index contributed by atoms with van der Waals surface area (Å²) in [5, 5.41) is 2.67. The average Bonchev–Trinajstić information content (AvgIpc) is 2.87. The van der Waals surface area contributed by atoms with E-state index in [1.807, 2.05) is 0 Å². The van der Waals surface area contributed by atoms with Gasteiger partial charge in [-0.2, -0.15) is 13.2 Å². The molecule has 1 aliphatic heterocycles. The lowest BCUT2D eigenvalue weighted by molar-refractivity contribution is -0.186. The summed E-state index contributed by atoms with van der Waals surface area (Å²) in [6.07, 6.45) is -4.60. The Morgan fingerprint density at radius 1 is 1.23 bits per heavy atom. The number of carbonyl (C=O) groups excluding carboxylic acids is 2. The van der Waals surface area contributed by atoms with Crippen LogP contribution in [0.5, 0.6) is 0 Å². The first-order valence-electron chi connectivity index (χ1n) is 7.93. The van der Waals surface area contributed by atoms with Crippen LogP contribution in [0.15, 0.2) is 27.4 Å². The standard InChI is InChI=1S/C16H16F3N3O4/c1-21-11-3-2-10(8-12(11)26-15(21)25)20-13(23)9-4-6-22(7-5-9)14(24)16(17,18)19/h2-3,8-9H,4-7H2,1H3,(H,20,23). The van der Waals surface area contributed by atoms with Crippen molar-refractivity contribution in [3.8, 4) is 0 Å². The number of amides is 2. The summed E-state index contributed by atoms with van der Waals surface area (Å²) >= 11 is 0. The number of hydrogen-bond acceptors (Lipinski definition) is 4. The van der Waals surface area contributed by atoms with Gasteiger partial charge in [0.05, 0.1) is 5.52 Å². The smallest absolute Gasteiger partial charge is 0.408 e. The highest BCUT2D eigenvalue weighted by Crippen LogP contribution is 2.25. The van der Waals surface area contributed by atoms with Crippen LogP contribution in [0.2, 0.25) is 0 Å². The molecule has 1 saturated heterocycles. The fourth-order valence-corrected chi connectivity index (χ4v) is 2.98. The van der Waals surface area contributed by atoms with Crippen LogP contribution in [0.4, 0.5) is 18.9 Å². The van der Waals surface area contributed by atoms with Gasteiger partial charge in [0.1, 0.15) is 0 Å². The fourth-order valence-electron chi connectivity index (χ4n) is 2.98. The van der Waals surface area contributed by atoms with Crippen molar-refractivity contribution in [1.29, 1.82) is 0 Å². The minimum atomic E-state index is -4.90. The van der Waals surface area contributed by atoms with Crippen LogP contribution < -0.4 is 11.1 Å². The summed E-state index contributed by atoms with van der Waals surface area (Å²) < 4.78 is 43.7. The number of halogens is 3. The number of likely N-dealkylation sites (tertiary alicyclic amines) is 1. The summed E-state index contributed by atoms with van der Waals surface area (Å²) in [4.78, 5) is 35.7. The van der Waals surface area contributed by atoms with Gasteiger partial charge in [-0.25, -0.2) is 4.79 Å². The number of carbonyl (C=O) groups is 2. The SMILES string of the molecule is Cn1c(=O)oc2cc(NC(=O)C3CCN(C(=O)C(F)(F)F)CC3)ccc21. The lowest BCUT2D eigenvalue weighted by Crippen LogP contribution is -2.46. The van der Waals surface area contributed by atoms with E-state index in [0.29, 0.717) is 21.7 Å². The number of nitrogens with one attached hydrogen (secondary N) is 1. The molecule has 1 aliphatic rings. The van der Waals surface area contributed by atoms with Crippen molar-refractivity contribution < 1.29 is 27.2 Å². The second-order valence-electron chi connectivity index (χ2n) is 6.16. The number of oxazole rings is 1. The summed E-state index contributed by atoms with van der Waals surface area (Å²) in [5.41, 5.74) is 1.32. The fraction of sp³-hybridized carbons (Fsp3) is 0.438. The Hall–Kier alpha value is -2.78. The molecule has 140 valence electrons. The molecule has 2 aromatic rings. The first kappa shape index (κ1) is 18.0. The molecule has 2 heterocycles. The summed E-state index contributed by atoms with van der Waals surface area (Å²) in [5.74, 6) is -3.24. The van der Waals surface area contributed by atoms with E-state index < -0.39 is 23.8 Å². The van der Waals surface area contributed by atoms with E-state index in [2.05, 4.69) is 5.32 Å². The van der Waals surface area contributed by atoms with E-state index in [9.17, 15) is 27.6 Å². The normalized spacial score (nSPS) is 16.1. The van der Waals surface area contributed by atoms with Crippen LogP contribution in [0, 0.1) is 5.92 Å². The maximum Gasteiger partial charge on any atom is 0.471 e. The van der Waals surface area contributed by atoms with Gasteiger partial charge >= 0.3 is 17.8 Å². The molecule has 0 spiro atoms. The third-order valence-corrected chi connectivity index (χ3v) is 4.46. The summed E-state index contributed by atoms with van der Waals surface area (Å²) in [7, 11) is 1.56. The van der Waals surface area contributed by atoms with Crippen molar-refractivity contribution in [3.63, 3.8) is 0 Å². The quantitative estimate of drug-likeness (QED) is 0.874. The van der Waals surface area contributed by atoms with Crippen LogP contribution >= 0.6 is 0 Å². The molecule has 1 N–H and O–H groups in total. The van der Waals surface area contributed by atoms with Crippen LogP contribution in [-0.2, 0) is 16.6 Å². The zero-order valence-corrected chi connectivity index (χ0v) is 13.8. The van der Waals surface area contributed by atoms with Gasteiger partial charge < -0.3 is 14.6 Å². The Balaban J connectivity index is 1.63. The van der Waals surface area contributed by atoms with Gasteiger partial charge in [-0.05, 0) is 25.0 Å². The summed E-state index contributed by atoms with van der Waals surface area (Å²) in [6, 6.07) is 4.74. The number of alkyl halides is 3. The third-order valence-electron chi connectivity index (χ3n) is 4.46. The average molecular weight is 371 g/mol. The van der Waals surface area contributed by atoms with Gasteiger partial charge in [0, 0.05) is 37.8 Å². The first-order chi connectivity index (χ1) is 12.2. The summed E-state index contributed by atoms with van der Waals surface area (Å²) in [6.45, 7) is -0.244. The Morgan fingerprint density at radius 2 is 1.88 bits per heavy atom. The molecule has 0 saturated carbocycles. The molecule has 3 rings (SSSR count). The van der Waals surface area contributed by atoms with Crippen LogP contribution in [0.25, 0.3) is 11.1 Å². The molecule has 1 fully saturated rings. The number of aromatic nitrogens is 1. The van der Waals surface area contributed by atoms with E-state index in [-0.39, 0.29) is 31.8 Å². The molecule has 0 bridgehead atoms. The molecule has 10 heteroatoms. The van der Waals surface area contributed by atoms with Crippen molar-refractivity contribution in [1.82, 2.24) is 9.47 Å². The van der Waals surface area contributed by atoms with E-state index >= 15 is 0 Å². The predicted molar refractivity (Wildman–Crippen MR) is 85.4 cm³/mol. The van der Waals surface area contributed by atoms with E-state index in [0.717, 1.165) is 0 Å². The number of anilines is 1. The highest BCUT2D eigenvalue weighted by molar-refractivity contribution is 5.94. The number of fused-ring (bicyclic) bond motifs is 1. The van der Waals surface area contributed by atoms with E-state index in [1.165, 1.54) is 10.6 Å². The molecule has 0 radical (unpaired) electrons. The number of piperidine rings is 1. The van der Waals surface area contributed by atoms with Crippen molar-refractivity contribution in [2.24, 2.45) is 13.0 Å². The molecule has 0 atom stereocenters. The Bertz CT molecular complexity index is 908. The highest BCUT2D eigenvalue weighted by atomic mass is 19.4. The lowest BCUT2D eigenvalue weighted by atomic mass is 9.95. The Kier molecular flexibility index (Phi) is 4.51. The number of aryl methyl sites for hydroxylation is 1. The van der Waals surface area contributed by atoms with Crippen LogP contribution in [0.3, 0.4) is 0 Å². The Labute approximate surface area is 145 Å². The molecule has 1 aromatic carbocycles. The second kappa shape index (κ2) is 6.50. The molecular weight excluding hydrogens is 355 g/mol. The van der Waals surface area contributed by atoms with Crippen molar-refractivity contribution in [2.75, 3.05) is 18.4 Å². The first-order valence-corrected chi connectivity index (χ1v) is 7.93. The van der Waals surface area contributed by atoms with Gasteiger partial charge in [0.2, 0.25) is 5.91 Å². The molecule has 7 nitrogen and oxygen atoms in total. The number of benzene rings is 1. The van der Waals surface area contributed by atoms with Crippen molar-refractivity contribution >= 4 is 28.6 Å². The van der Waals surface area contributed by atoms with E-state index in [4.69, 9.17) is 4.42 Å². The molecule has 0 aliphatic carbocycles. The van der Waals surface area contributed by atoms with Gasteiger partial charge in [-0.15, -0.1) is 0 Å². The van der Waals surface area contributed by atoms with Gasteiger partial charge in [0.15, 0.2) is 5.58 Å². The molecular formula is C16H16F3N3O4. The monoisotopic (exact) mass is 371 g/mol. The largest absolute Gasteiger partial charge is 0.471 e. The predicted octanol–water partition coefficient (Wildman–Crippen LogP) is 1.87. The Morgan fingerprint density at radius 3 is 2.50 bits per heavy atom. The maximum absolute atomic E-state index is 12.4. The number of hydrogen-bond donors (Lipinski definition) is 1. The molecule has 2 amide bonds. The van der Waals surface area contributed by atoms with E-state index in [1.54, 1.807) is 19.2 Å². The highest BCUT2D eigenvalue weighted by Gasteiger charge is 2.43. The molecule has 0 unspecified atom stereocenters. The van der Waals surface area contributed by atoms with Crippen LogP contribution in [0.1, 0.15) is 12.8 Å². The number of rotatable bonds is 2. The topological polar surface area (TPSA) is 84.6 Å². The lowest BCUT2D eigenvalue weighted by Gasteiger charge is -2.31. The van der Waals surface area contributed by atoms with Crippen molar-refractivity contribution in [2.45, 2.75) is 19.0 Å². The van der Waals surface area contributed by atoms with Gasteiger partial charge in [-0.3, -0.25) is 14.2 Å². The minimum Gasteiger partial charge on any atom is -0.408 e. The minimum absolute atomic E-state index is 0.122. The van der Waals surface area contributed by atoms with Gasteiger partial charge in [0.25, 0.3) is 0 Å². The van der Waals surface area contributed by atoms with Crippen LogP contribution in [-0.4, -0.2) is 40.5 Å². The zero-order chi connectivity index (χ0) is 19.1. The zero-order valence-electron chi connectivity index (χ0n) is 13.8. The third kappa shape index (κ3) is 3.44. The van der Waals surface area contributed by atoms with Gasteiger partial charge in [-0.1, -0.05) is 0 Å². The molecule has 1 aromatic heterocycles. The second-order valence-corrected chi connectivity index (χ2v) is 6.16. The maximum atomic E-state index is 12.4. The number of nitrogens with zero attached hydrogens (tertiary/aromatic N) is 2.